The SMILES string of the molecule is NCc1ccc(C2=NN(c3ccccc3)C(c3ccc([N+](=O)[O-])cc3)C2)cc1. The van der Waals surface area contributed by atoms with Gasteiger partial charge in [-0.15, -0.1) is 0 Å². The molecule has 6 nitrogen and oxygen atoms in total. The molecule has 140 valence electrons. The van der Waals surface area contributed by atoms with Gasteiger partial charge in [0.25, 0.3) is 5.69 Å². The van der Waals surface area contributed by atoms with E-state index in [0.29, 0.717) is 13.0 Å². The van der Waals surface area contributed by atoms with E-state index >= 15 is 0 Å². The molecule has 1 aliphatic rings. The van der Waals surface area contributed by atoms with E-state index in [0.717, 1.165) is 28.1 Å². The number of nitro groups is 1. The zero-order valence-electron chi connectivity index (χ0n) is 15.2. The molecule has 2 N–H and O–H groups in total. The molecule has 0 fully saturated rings. The van der Waals surface area contributed by atoms with E-state index in [9.17, 15) is 10.1 Å². The van der Waals surface area contributed by atoms with Crippen molar-refractivity contribution < 1.29 is 4.92 Å². The number of anilines is 1. The number of non-ortho nitro benzene ring substituents is 1. The van der Waals surface area contributed by atoms with Crippen molar-refractivity contribution in [1.29, 1.82) is 0 Å². The first-order valence-electron chi connectivity index (χ1n) is 9.11. The molecule has 1 aliphatic heterocycles. The van der Waals surface area contributed by atoms with Crippen LogP contribution in [0.25, 0.3) is 0 Å². The van der Waals surface area contributed by atoms with Crippen molar-refractivity contribution in [1.82, 2.24) is 0 Å². The maximum absolute atomic E-state index is 11.0. The lowest BCUT2D eigenvalue weighted by Gasteiger charge is -2.23. The molecule has 3 aromatic carbocycles. The van der Waals surface area contributed by atoms with Crippen molar-refractivity contribution >= 4 is 17.1 Å². The minimum Gasteiger partial charge on any atom is -0.326 e. The molecule has 0 bridgehead atoms. The summed E-state index contributed by atoms with van der Waals surface area (Å²) in [6.45, 7) is 0.508. The van der Waals surface area contributed by atoms with Gasteiger partial charge in [0.05, 0.1) is 22.4 Å². The van der Waals surface area contributed by atoms with Crippen LogP contribution in [0.5, 0.6) is 0 Å². The normalized spacial score (nSPS) is 16.1. The first-order valence-corrected chi connectivity index (χ1v) is 9.11. The Morgan fingerprint density at radius 3 is 2.29 bits per heavy atom. The minimum absolute atomic E-state index is 0.0209. The second kappa shape index (κ2) is 7.62. The molecule has 0 aliphatic carbocycles. The van der Waals surface area contributed by atoms with Crippen LogP contribution in [0, 0.1) is 10.1 Å². The lowest BCUT2D eigenvalue weighted by Crippen LogP contribution is -2.18. The molecule has 0 amide bonds. The molecule has 1 heterocycles. The van der Waals surface area contributed by atoms with Crippen molar-refractivity contribution in [3.05, 3.63) is 106 Å². The topological polar surface area (TPSA) is 84.8 Å². The van der Waals surface area contributed by atoms with Gasteiger partial charge in [0, 0.05) is 25.1 Å². The number of para-hydroxylation sites is 1. The molecule has 6 heteroatoms. The second-order valence-electron chi connectivity index (χ2n) is 6.70. The van der Waals surface area contributed by atoms with Gasteiger partial charge in [-0.2, -0.15) is 5.10 Å². The number of rotatable bonds is 5. The highest BCUT2D eigenvalue weighted by Gasteiger charge is 2.30. The third kappa shape index (κ3) is 3.50. The Kier molecular flexibility index (Phi) is 4.87. The number of hydrogen-bond acceptors (Lipinski definition) is 5. The average Bonchev–Trinajstić information content (AvgIpc) is 3.20. The number of nitrogens with two attached hydrogens (primary N) is 1. The monoisotopic (exact) mass is 372 g/mol. The summed E-state index contributed by atoms with van der Waals surface area (Å²) in [6, 6.07) is 24.8. The molecule has 0 spiro atoms. The van der Waals surface area contributed by atoms with Crippen LogP contribution in [-0.2, 0) is 6.54 Å². The zero-order chi connectivity index (χ0) is 19.5. The quantitative estimate of drug-likeness (QED) is 0.531. The van der Waals surface area contributed by atoms with Gasteiger partial charge < -0.3 is 5.73 Å². The van der Waals surface area contributed by atoms with E-state index in [-0.39, 0.29) is 16.7 Å². The van der Waals surface area contributed by atoms with Gasteiger partial charge in [-0.1, -0.05) is 54.6 Å². The maximum atomic E-state index is 11.0. The Labute approximate surface area is 163 Å². The molecular weight excluding hydrogens is 352 g/mol. The minimum atomic E-state index is -0.381. The predicted molar refractivity (Wildman–Crippen MR) is 110 cm³/mol. The van der Waals surface area contributed by atoms with Crippen LogP contribution in [0.1, 0.15) is 29.2 Å². The van der Waals surface area contributed by atoms with E-state index < -0.39 is 0 Å². The Bertz CT molecular complexity index is 999. The smallest absolute Gasteiger partial charge is 0.269 e. The Morgan fingerprint density at radius 1 is 1.00 bits per heavy atom. The van der Waals surface area contributed by atoms with E-state index in [1.54, 1.807) is 12.1 Å². The summed E-state index contributed by atoms with van der Waals surface area (Å²) in [5.41, 5.74) is 10.9. The summed E-state index contributed by atoms with van der Waals surface area (Å²) < 4.78 is 0. The number of hydrazone groups is 1. The van der Waals surface area contributed by atoms with Crippen LogP contribution in [0.3, 0.4) is 0 Å². The number of benzene rings is 3. The number of nitro benzene ring substituents is 1. The van der Waals surface area contributed by atoms with Gasteiger partial charge in [0.15, 0.2) is 0 Å². The maximum Gasteiger partial charge on any atom is 0.269 e. The van der Waals surface area contributed by atoms with Gasteiger partial charge in [-0.05, 0) is 28.8 Å². The fraction of sp³-hybridized carbons (Fsp3) is 0.136. The summed E-state index contributed by atoms with van der Waals surface area (Å²) in [7, 11) is 0. The second-order valence-corrected chi connectivity index (χ2v) is 6.70. The summed E-state index contributed by atoms with van der Waals surface area (Å²) in [5, 5.41) is 17.8. The first-order chi connectivity index (χ1) is 13.7. The molecule has 28 heavy (non-hydrogen) atoms. The van der Waals surface area contributed by atoms with E-state index in [2.05, 4.69) is 0 Å². The van der Waals surface area contributed by atoms with Crippen molar-refractivity contribution in [2.45, 2.75) is 19.0 Å². The summed E-state index contributed by atoms with van der Waals surface area (Å²) in [4.78, 5) is 10.6. The lowest BCUT2D eigenvalue weighted by molar-refractivity contribution is -0.384. The van der Waals surface area contributed by atoms with Crippen molar-refractivity contribution in [2.75, 3.05) is 5.01 Å². The Morgan fingerprint density at radius 2 is 1.68 bits per heavy atom. The van der Waals surface area contributed by atoms with E-state index in [1.807, 2.05) is 71.7 Å². The van der Waals surface area contributed by atoms with Gasteiger partial charge in [0.1, 0.15) is 0 Å². The fourth-order valence-corrected chi connectivity index (χ4v) is 3.41. The molecule has 3 aromatic rings. The van der Waals surface area contributed by atoms with Crippen molar-refractivity contribution in [3.63, 3.8) is 0 Å². The van der Waals surface area contributed by atoms with Gasteiger partial charge in [0.2, 0.25) is 0 Å². The third-order valence-electron chi connectivity index (χ3n) is 4.94. The lowest BCUT2D eigenvalue weighted by atomic mass is 9.97. The molecule has 1 atom stereocenters. The number of nitrogens with zero attached hydrogens (tertiary/aromatic N) is 3. The van der Waals surface area contributed by atoms with Crippen LogP contribution < -0.4 is 10.7 Å². The molecule has 0 aromatic heterocycles. The third-order valence-corrected chi connectivity index (χ3v) is 4.94. The highest BCUT2D eigenvalue weighted by molar-refractivity contribution is 6.03. The molecule has 1 unspecified atom stereocenters. The molecule has 0 radical (unpaired) electrons. The van der Waals surface area contributed by atoms with E-state index in [1.165, 1.54) is 0 Å². The largest absolute Gasteiger partial charge is 0.326 e. The predicted octanol–water partition coefficient (Wildman–Crippen LogP) is 4.41. The molecule has 4 rings (SSSR count). The van der Waals surface area contributed by atoms with Crippen LogP contribution in [-0.4, -0.2) is 10.6 Å². The molecule has 0 saturated carbocycles. The summed E-state index contributed by atoms with van der Waals surface area (Å²) in [6.07, 6.45) is 0.717. The van der Waals surface area contributed by atoms with Gasteiger partial charge >= 0.3 is 0 Å². The van der Waals surface area contributed by atoms with Gasteiger partial charge in [-0.25, -0.2) is 0 Å². The van der Waals surface area contributed by atoms with E-state index in [4.69, 9.17) is 10.8 Å². The first kappa shape index (κ1) is 17.9. The Hall–Kier alpha value is -3.51. The van der Waals surface area contributed by atoms with Crippen LogP contribution in [0.2, 0.25) is 0 Å². The van der Waals surface area contributed by atoms with Gasteiger partial charge in [-0.3, -0.25) is 15.1 Å². The van der Waals surface area contributed by atoms with Crippen LogP contribution in [0.4, 0.5) is 11.4 Å². The summed E-state index contributed by atoms with van der Waals surface area (Å²) in [5.74, 6) is 0. The standard InChI is InChI=1S/C22H20N4O2/c23-15-16-6-8-17(9-7-16)21-14-22(18-10-12-20(13-11-18)26(27)28)25(24-21)19-4-2-1-3-5-19/h1-13,22H,14-15,23H2. The number of hydrogen-bond donors (Lipinski definition) is 1. The zero-order valence-corrected chi connectivity index (χ0v) is 15.2. The Balaban J connectivity index is 1.70. The highest BCUT2D eigenvalue weighted by atomic mass is 16.6. The highest BCUT2D eigenvalue weighted by Crippen LogP contribution is 2.37. The fourth-order valence-electron chi connectivity index (χ4n) is 3.41. The van der Waals surface area contributed by atoms with Crippen LogP contribution in [0.15, 0.2) is 84.0 Å². The molecule has 0 saturated heterocycles. The summed E-state index contributed by atoms with van der Waals surface area (Å²) >= 11 is 0. The van der Waals surface area contributed by atoms with Crippen molar-refractivity contribution in [2.24, 2.45) is 10.8 Å². The molecular formula is C22H20N4O2. The average molecular weight is 372 g/mol. The van der Waals surface area contributed by atoms with Crippen molar-refractivity contribution in [3.8, 4) is 0 Å². The van der Waals surface area contributed by atoms with Crippen LogP contribution >= 0.6 is 0 Å².